The second-order valence-electron chi connectivity index (χ2n) is 4.46. The molecule has 0 saturated heterocycles. The molecule has 0 aliphatic rings. The van der Waals surface area contributed by atoms with Crippen LogP contribution in [-0.4, -0.2) is 20.7 Å². The van der Waals surface area contributed by atoms with E-state index < -0.39 is 0 Å². The molecule has 0 spiro atoms. The van der Waals surface area contributed by atoms with Crippen LogP contribution < -0.4 is 5.32 Å². The molecule has 22 heavy (non-hydrogen) atoms. The van der Waals surface area contributed by atoms with Gasteiger partial charge in [-0.2, -0.15) is 5.10 Å². The summed E-state index contributed by atoms with van der Waals surface area (Å²) in [6, 6.07) is 6.93. The van der Waals surface area contributed by atoms with E-state index in [0.717, 1.165) is 11.3 Å². The number of carbonyl (C=O) groups is 1. The summed E-state index contributed by atoms with van der Waals surface area (Å²) in [5.74, 6) is -0.255. The van der Waals surface area contributed by atoms with E-state index in [9.17, 15) is 4.79 Å². The van der Waals surface area contributed by atoms with Crippen molar-refractivity contribution in [2.24, 2.45) is 7.05 Å². The molecule has 3 rings (SSSR count). The maximum Gasteiger partial charge on any atom is 0.275 e. The lowest BCUT2D eigenvalue weighted by atomic mass is 10.2. The highest BCUT2D eigenvalue weighted by Crippen LogP contribution is 2.30. The van der Waals surface area contributed by atoms with E-state index in [1.54, 1.807) is 31.4 Å². The highest BCUT2D eigenvalue weighted by atomic mass is 35.5. The third-order valence-electron chi connectivity index (χ3n) is 2.99. The number of aryl methyl sites for hydroxylation is 1. The normalized spacial score (nSPS) is 10.7. The van der Waals surface area contributed by atoms with Crippen LogP contribution in [0.5, 0.6) is 0 Å². The smallest absolute Gasteiger partial charge is 0.275 e. The van der Waals surface area contributed by atoms with Crippen molar-refractivity contribution in [1.29, 1.82) is 0 Å². The maximum absolute atomic E-state index is 12.1. The van der Waals surface area contributed by atoms with Crippen molar-refractivity contribution in [3.63, 3.8) is 0 Å². The number of benzene rings is 1. The molecule has 1 aromatic carbocycles. The molecule has 8 heteroatoms. The Labute approximate surface area is 140 Å². The summed E-state index contributed by atoms with van der Waals surface area (Å²) in [6.45, 7) is 0. The average molecular weight is 353 g/mol. The quantitative estimate of drug-likeness (QED) is 0.771. The molecule has 1 N–H and O–H groups in total. The Morgan fingerprint density at radius 2 is 2.09 bits per heavy atom. The van der Waals surface area contributed by atoms with Gasteiger partial charge in [-0.15, -0.1) is 11.3 Å². The molecule has 3 aromatic rings. The summed E-state index contributed by atoms with van der Waals surface area (Å²) in [4.78, 5) is 16.5. The van der Waals surface area contributed by atoms with Gasteiger partial charge < -0.3 is 0 Å². The number of halogens is 2. The number of nitrogens with zero attached hydrogens (tertiary/aromatic N) is 3. The lowest BCUT2D eigenvalue weighted by Crippen LogP contribution is -2.15. The molecular formula is C14H10Cl2N4OS. The number of nitrogens with one attached hydrogen (secondary N) is 1. The molecule has 0 saturated carbocycles. The number of amides is 1. The van der Waals surface area contributed by atoms with Gasteiger partial charge in [-0.3, -0.25) is 14.8 Å². The fraction of sp³-hybridized carbons (Fsp3) is 0.0714. The summed E-state index contributed by atoms with van der Waals surface area (Å²) < 4.78 is 1.50. The van der Waals surface area contributed by atoms with Crippen LogP contribution in [-0.2, 0) is 7.05 Å². The number of rotatable bonds is 3. The molecule has 0 aliphatic carbocycles. The lowest BCUT2D eigenvalue weighted by Gasteiger charge is -2.02. The number of hydrogen-bond acceptors (Lipinski definition) is 4. The Balaban J connectivity index is 1.80. The first-order chi connectivity index (χ1) is 10.5. The Morgan fingerprint density at radius 1 is 1.27 bits per heavy atom. The fourth-order valence-electron chi connectivity index (χ4n) is 1.88. The Hall–Kier alpha value is -1.89. The molecule has 0 bridgehead atoms. The fourth-order valence-corrected chi connectivity index (χ4v) is 2.89. The third-order valence-corrected chi connectivity index (χ3v) is 4.49. The van der Waals surface area contributed by atoms with Crippen LogP contribution in [0.25, 0.3) is 11.3 Å². The van der Waals surface area contributed by atoms with Gasteiger partial charge in [0.2, 0.25) is 0 Å². The van der Waals surface area contributed by atoms with Gasteiger partial charge in [-0.05, 0) is 18.2 Å². The molecular weight excluding hydrogens is 343 g/mol. The van der Waals surface area contributed by atoms with Crippen molar-refractivity contribution in [3.05, 3.63) is 51.6 Å². The zero-order valence-corrected chi connectivity index (χ0v) is 13.7. The molecule has 0 radical (unpaired) electrons. The Bertz CT molecular complexity index is 843. The van der Waals surface area contributed by atoms with E-state index in [-0.39, 0.29) is 5.91 Å². The van der Waals surface area contributed by atoms with Crippen LogP contribution in [0.1, 0.15) is 10.5 Å². The van der Waals surface area contributed by atoms with Gasteiger partial charge in [0.15, 0.2) is 5.13 Å². The number of hydrogen-bond donors (Lipinski definition) is 1. The van der Waals surface area contributed by atoms with Crippen molar-refractivity contribution >= 4 is 45.6 Å². The predicted molar refractivity (Wildman–Crippen MR) is 88.7 cm³/mol. The number of carbonyl (C=O) groups excluding carboxylic acids is 1. The highest BCUT2D eigenvalue weighted by Gasteiger charge is 2.13. The van der Waals surface area contributed by atoms with Crippen molar-refractivity contribution in [1.82, 2.24) is 14.8 Å². The molecule has 2 aromatic heterocycles. The summed E-state index contributed by atoms with van der Waals surface area (Å²) in [5, 5.41) is 10.0. The summed E-state index contributed by atoms with van der Waals surface area (Å²) >= 11 is 13.2. The lowest BCUT2D eigenvalue weighted by molar-refractivity contribution is 0.101. The first-order valence-corrected chi connectivity index (χ1v) is 7.88. The first kappa shape index (κ1) is 15.0. The molecule has 0 unspecified atom stereocenters. The van der Waals surface area contributed by atoms with Gasteiger partial charge in [0, 0.05) is 24.2 Å². The van der Waals surface area contributed by atoms with Crippen molar-refractivity contribution < 1.29 is 4.79 Å². The van der Waals surface area contributed by atoms with E-state index >= 15 is 0 Å². The molecule has 5 nitrogen and oxygen atoms in total. The number of anilines is 1. The molecule has 0 atom stereocenters. The maximum atomic E-state index is 12.1. The third kappa shape index (κ3) is 2.99. The van der Waals surface area contributed by atoms with E-state index in [1.165, 1.54) is 16.0 Å². The van der Waals surface area contributed by atoms with Gasteiger partial charge >= 0.3 is 0 Å². The van der Waals surface area contributed by atoms with Crippen LogP contribution in [0.4, 0.5) is 5.13 Å². The van der Waals surface area contributed by atoms with E-state index in [1.807, 2.05) is 11.4 Å². The van der Waals surface area contributed by atoms with E-state index in [2.05, 4.69) is 15.4 Å². The standard InChI is InChI=1S/C14H10Cl2N4OS/c1-20-12(4-5-17-20)13(21)19-14-18-11(7-22-14)8-2-3-9(15)10(16)6-8/h2-7H,1H3,(H,18,19,21). The van der Waals surface area contributed by atoms with E-state index in [0.29, 0.717) is 20.9 Å². The minimum atomic E-state index is -0.255. The van der Waals surface area contributed by atoms with Gasteiger partial charge in [-0.1, -0.05) is 29.3 Å². The van der Waals surface area contributed by atoms with Crippen LogP contribution in [0, 0.1) is 0 Å². The second-order valence-corrected chi connectivity index (χ2v) is 6.13. The summed E-state index contributed by atoms with van der Waals surface area (Å²) in [6.07, 6.45) is 1.57. The molecule has 0 aliphatic heterocycles. The van der Waals surface area contributed by atoms with Gasteiger partial charge in [0.05, 0.1) is 15.7 Å². The van der Waals surface area contributed by atoms with Crippen LogP contribution >= 0.6 is 34.5 Å². The van der Waals surface area contributed by atoms with Gasteiger partial charge in [-0.25, -0.2) is 4.98 Å². The molecule has 1 amide bonds. The zero-order valence-electron chi connectivity index (χ0n) is 11.4. The molecule has 2 heterocycles. The largest absolute Gasteiger partial charge is 0.296 e. The Morgan fingerprint density at radius 3 is 2.77 bits per heavy atom. The minimum Gasteiger partial charge on any atom is -0.296 e. The number of aromatic nitrogens is 3. The van der Waals surface area contributed by atoms with Crippen LogP contribution in [0.15, 0.2) is 35.8 Å². The Kier molecular flexibility index (Phi) is 4.15. The summed E-state index contributed by atoms with van der Waals surface area (Å²) in [7, 11) is 1.71. The predicted octanol–water partition coefficient (Wildman–Crippen LogP) is 4.10. The first-order valence-electron chi connectivity index (χ1n) is 6.25. The van der Waals surface area contributed by atoms with Crippen molar-refractivity contribution in [2.75, 3.05) is 5.32 Å². The molecule has 0 fully saturated rings. The number of thiazole rings is 1. The second kappa shape index (κ2) is 6.08. The molecule has 112 valence electrons. The van der Waals surface area contributed by atoms with Gasteiger partial charge in [0.25, 0.3) is 5.91 Å². The van der Waals surface area contributed by atoms with Crippen molar-refractivity contribution in [3.8, 4) is 11.3 Å². The average Bonchev–Trinajstić information content (AvgIpc) is 3.11. The minimum absolute atomic E-state index is 0.255. The summed E-state index contributed by atoms with van der Waals surface area (Å²) in [5.41, 5.74) is 2.03. The SMILES string of the molecule is Cn1nccc1C(=O)Nc1nc(-c2ccc(Cl)c(Cl)c2)cs1. The van der Waals surface area contributed by atoms with Crippen LogP contribution in [0.2, 0.25) is 10.0 Å². The topological polar surface area (TPSA) is 59.8 Å². The monoisotopic (exact) mass is 352 g/mol. The highest BCUT2D eigenvalue weighted by molar-refractivity contribution is 7.14. The zero-order chi connectivity index (χ0) is 15.7. The van der Waals surface area contributed by atoms with Crippen molar-refractivity contribution in [2.45, 2.75) is 0 Å². The van der Waals surface area contributed by atoms with Gasteiger partial charge in [0.1, 0.15) is 5.69 Å². The van der Waals surface area contributed by atoms with Crippen LogP contribution in [0.3, 0.4) is 0 Å². The van der Waals surface area contributed by atoms with E-state index in [4.69, 9.17) is 23.2 Å².